The molecule has 0 atom stereocenters. The lowest BCUT2D eigenvalue weighted by Gasteiger charge is -2.13. The molecule has 120 valence electrons. The SMILES string of the molecule is CC(=O)Nc1cc(-c2ccc(Cl)cc2)ccc1-c1ccc(Cl)cc1. The minimum Gasteiger partial charge on any atom is -0.326 e. The van der Waals surface area contributed by atoms with Crippen LogP contribution in [0.3, 0.4) is 0 Å². The summed E-state index contributed by atoms with van der Waals surface area (Å²) < 4.78 is 0. The minimum atomic E-state index is -0.113. The summed E-state index contributed by atoms with van der Waals surface area (Å²) in [6.45, 7) is 1.50. The number of halogens is 2. The van der Waals surface area contributed by atoms with Gasteiger partial charge >= 0.3 is 0 Å². The largest absolute Gasteiger partial charge is 0.326 e. The van der Waals surface area contributed by atoms with Gasteiger partial charge in [-0.3, -0.25) is 4.79 Å². The molecule has 0 saturated heterocycles. The van der Waals surface area contributed by atoms with Crippen LogP contribution in [0.25, 0.3) is 22.3 Å². The van der Waals surface area contributed by atoms with Crippen LogP contribution in [0.1, 0.15) is 6.92 Å². The molecule has 0 aliphatic heterocycles. The van der Waals surface area contributed by atoms with Gasteiger partial charge in [0.15, 0.2) is 0 Å². The Morgan fingerprint density at radius 3 is 1.79 bits per heavy atom. The van der Waals surface area contributed by atoms with Crippen molar-refractivity contribution in [2.75, 3.05) is 5.32 Å². The number of anilines is 1. The van der Waals surface area contributed by atoms with E-state index in [9.17, 15) is 4.79 Å². The Hall–Kier alpha value is -2.29. The summed E-state index contributed by atoms with van der Waals surface area (Å²) >= 11 is 11.9. The molecule has 0 radical (unpaired) electrons. The average molecular weight is 356 g/mol. The van der Waals surface area contributed by atoms with E-state index >= 15 is 0 Å². The molecule has 0 aromatic heterocycles. The van der Waals surface area contributed by atoms with Crippen LogP contribution in [0, 0.1) is 0 Å². The first-order chi connectivity index (χ1) is 11.5. The van der Waals surface area contributed by atoms with Crippen LogP contribution in [-0.2, 0) is 4.79 Å². The Morgan fingerprint density at radius 1 is 0.750 bits per heavy atom. The topological polar surface area (TPSA) is 29.1 Å². The summed E-state index contributed by atoms with van der Waals surface area (Å²) in [7, 11) is 0. The van der Waals surface area contributed by atoms with E-state index < -0.39 is 0 Å². The quantitative estimate of drug-likeness (QED) is 0.587. The van der Waals surface area contributed by atoms with Gasteiger partial charge in [0.05, 0.1) is 0 Å². The molecule has 0 aliphatic carbocycles. The first-order valence-corrected chi connectivity index (χ1v) is 8.22. The van der Waals surface area contributed by atoms with E-state index in [-0.39, 0.29) is 5.91 Å². The highest BCUT2D eigenvalue weighted by molar-refractivity contribution is 6.31. The van der Waals surface area contributed by atoms with Crippen molar-refractivity contribution in [2.24, 2.45) is 0 Å². The number of nitrogens with one attached hydrogen (secondary N) is 1. The minimum absolute atomic E-state index is 0.113. The van der Waals surface area contributed by atoms with Gasteiger partial charge in [-0.2, -0.15) is 0 Å². The standard InChI is InChI=1S/C20H15Cl2NO/c1-13(24)23-20-12-16(14-2-7-17(21)8-3-14)6-11-19(20)15-4-9-18(22)10-5-15/h2-12H,1H3,(H,23,24). The maximum absolute atomic E-state index is 11.6. The number of amides is 1. The second kappa shape index (κ2) is 7.08. The van der Waals surface area contributed by atoms with E-state index in [4.69, 9.17) is 23.2 Å². The second-order valence-corrected chi connectivity index (χ2v) is 6.33. The molecule has 1 N–H and O–H groups in total. The van der Waals surface area contributed by atoms with Gasteiger partial charge in [-0.05, 0) is 47.0 Å². The molecule has 0 bridgehead atoms. The summed E-state index contributed by atoms with van der Waals surface area (Å²) in [5, 5.41) is 4.28. The summed E-state index contributed by atoms with van der Waals surface area (Å²) in [5.74, 6) is -0.113. The van der Waals surface area contributed by atoms with Crippen molar-refractivity contribution in [3.05, 3.63) is 76.8 Å². The fraction of sp³-hybridized carbons (Fsp3) is 0.0500. The first-order valence-electron chi connectivity index (χ1n) is 7.46. The Kier molecular flexibility index (Phi) is 4.89. The summed E-state index contributed by atoms with van der Waals surface area (Å²) in [6.07, 6.45) is 0. The number of hydrogen-bond donors (Lipinski definition) is 1. The molecule has 0 aliphatic rings. The first kappa shape index (κ1) is 16.6. The van der Waals surface area contributed by atoms with Crippen LogP contribution in [-0.4, -0.2) is 5.91 Å². The third-order valence-electron chi connectivity index (χ3n) is 3.66. The molecule has 0 unspecified atom stereocenters. The molecule has 0 spiro atoms. The van der Waals surface area contributed by atoms with E-state index in [1.54, 1.807) is 0 Å². The number of benzene rings is 3. The van der Waals surface area contributed by atoms with E-state index in [0.717, 1.165) is 27.9 Å². The predicted octanol–water partition coefficient (Wildman–Crippen LogP) is 6.29. The van der Waals surface area contributed by atoms with Crippen LogP contribution in [0.5, 0.6) is 0 Å². The zero-order chi connectivity index (χ0) is 17.1. The molecular formula is C20H15Cl2NO. The van der Waals surface area contributed by atoms with Crippen molar-refractivity contribution in [3.63, 3.8) is 0 Å². The van der Waals surface area contributed by atoms with E-state index in [1.165, 1.54) is 6.92 Å². The van der Waals surface area contributed by atoms with Gasteiger partial charge < -0.3 is 5.32 Å². The third kappa shape index (κ3) is 3.78. The van der Waals surface area contributed by atoms with Crippen molar-refractivity contribution >= 4 is 34.8 Å². The summed E-state index contributed by atoms with van der Waals surface area (Å²) in [4.78, 5) is 11.6. The van der Waals surface area contributed by atoms with Gasteiger partial charge in [0.25, 0.3) is 0 Å². The Balaban J connectivity index is 2.08. The van der Waals surface area contributed by atoms with Gasteiger partial charge in [-0.25, -0.2) is 0 Å². The summed E-state index contributed by atoms with van der Waals surface area (Å²) in [6, 6.07) is 21.1. The molecule has 3 rings (SSSR count). The van der Waals surface area contributed by atoms with Crippen molar-refractivity contribution < 1.29 is 4.79 Å². The van der Waals surface area contributed by atoms with E-state index in [2.05, 4.69) is 5.32 Å². The highest BCUT2D eigenvalue weighted by Gasteiger charge is 2.09. The number of carbonyl (C=O) groups excluding carboxylic acids is 1. The van der Waals surface area contributed by atoms with Crippen molar-refractivity contribution in [1.29, 1.82) is 0 Å². The summed E-state index contributed by atoms with van der Waals surface area (Å²) in [5.41, 5.74) is 4.74. The lowest BCUT2D eigenvalue weighted by Crippen LogP contribution is -2.07. The lowest BCUT2D eigenvalue weighted by atomic mass is 9.98. The molecule has 3 aromatic carbocycles. The average Bonchev–Trinajstić information content (AvgIpc) is 2.56. The van der Waals surface area contributed by atoms with Gasteiger partial charge in [0.2, 0.25) is 5.91 Å². The molecule has 2 nitrogen and oxygen atoms in total. The molecule has 0 fully saturated rings. The van der Waals surface area contributed by atoms with E-state index in [1.807, 2.05) is 66.7 Å². The van der Waals surface area contributed by atoms with Crippen LogP contribution in [0.2, 0.25) is 10.0 Å². The van der Waals surface area contributed by atoms with E-state index in [0.29, 0.717) is 10.0 Å². The zero-order valence-electron chi connectivity index (χ0n) is 13.0. The van der Waals surface area contributed by atoms with Crippen LogP contribution in [0.4, 0.5) is 5.69 Å². The fourth-order valence-electron chi connectivity index (χ4n) is 2.54. The lowest BCUT2D eigenvalue weighted by molar-refractivity contribution is -0.114. The number of carbonyl (C=O) groups is 1. The fourth-order valence-corrected chi connectivity index (χ4v) is 2.79. The Bertz CT molecular complexity index is 871. The van der Waals surface area contributed by atoms with Crippen LogP contribution in [0.15, 0.2) is 66.7 Å². The number of rotatable bonds is 3. The molecule has 0 heterocycles. The zero-order valence-corrected chi connectivity index (χ0v) is 14.5. The molecule has 0 saturated carbocycles. The molecule has 1 amide bonds. The monoisotopic (exact) mass is 355 g/mol. The van der Waals surface area contributed by atoms with Gasteiger partial charge in [0.1, 0.15) is 0 Å². The molecule has 24 heavy (non-hydrogen) atoms. The third-order valence-corrected chi connectivity index (χ3v) is 4.17. The van der Waals surface area contributed by atoms with Crippen LogP contribution < -0.4 is 5.32 Å². The maximum atomic E-state index is 11.6. The van der Waals surface area contributed by atoms with Gasteiger partial charge in [-0.15, -0.1) is 0 Å². The van der Waals surface area contributed by atoms with Crippen molar-refractivity contribution in [3.8, 4) is 22.3 Å². The normalized spacial score (nSPS) is 10.5. The smallest absolute Gasteiger partial charge is 0.221 e. The highest BCUT2D eigenvalue weighted by atomic mass is 35.5. The molecule has 4 heteroatoms. The van der Waals surface area contributed by atoms with Crippen molar-refractivity contribution in [1.82, 2.24) is 0 Å². The van der Waals surface area contributed by atoms with Crippen molar-refractivity contribution in [2.45, 2.75) is 6.92 Å². The Morgan fingerprint density at radius 2 is 1.25 bits per heavy atom. The number of hydrogen-bond acceptors (Lipinski definition) is 1. The Labute approximate surface area is 151 Å². The van der Waals surface area contributed by atoms with Crippen LogP contribution >= 0.6 is 23.2 Å². The highest BCUT2D eigenvalue weighted by Crippen LogP contribution is 2.33. The maximum Gasteiger partial charge on any atom is 0.221 e. The molecule has 3 aromatic rings. The van der Waals surface area contributed by atoms with Gasteiger partial charge in [0, 0.05) is 28.2 Å². The van der Waals surface area contributed by atoms with Gasteiger partial charge in [-0.1, -0.05) is 59.6 Å². The predicted molar refractivity (Wildman–Crippen MR) is 102 cm³/mol. The second-order valence-electron chi connectivity index (χ2n) is 5.46. The molecular weight excluding hydrogens is 341 g/mol.